The number of aromatic nitrogens is 3. The highest BCUT2D eigenvalue weighted by atomic mass is 16.4. The molecule has 1 aliphatic carbocycles. The van der Waals surface area contributed by atoms with Gasteiger partial charge in [0.25, 0.3) is 0 Å². The van der Waals surface area contributed by atoms with Crippen molar-refractivity contribution in [3.63, 3.8) is 0 Å². The summed E-state index contributed by atoms with van der Waals surface area (Å²) in [6.45, 7) is 0. The third-order valence-corrected chi connectivity index (χ3v) is 3.32. The van der Waals surface area contributed by atoms with Crippen molar-refractivity contribution in [3.05, 3.63) is 29.7 Å². The van der Waals surface area contributed by atoms with E-state index in [1.165, 1.54) is 6.42 Å². The zero-order valence-corrected chi connectivity index (χ0v) is 9.33. The molecule has 0 atom stereocenters. The van der Waals surface area contributed by atoms with Crippen molar-refractivity contribution in [1.82, 2.24) is 14.6 Å². The summed E-state index contributed by atoms with van der Waals surface area (Å²) in [6, 6.07) is 3.62. The fraction of sp³-hybridized carbons (Fsp3) is 0.417. The van der Waals surface area contributed by atoms with Gasteiger partial charge in [-0.1, -0.05) is 12.5 Å². The Morgan fingerprint density at radius 2 is 2.24 bits per heavy atom. The molecule has 1 fully saturated rings. The molecule has 0 aromatic carbocycles. The first-order valence-corrected chi connectivity index (χ1v) is 5.79. The molecule has 0 radical (unpaired) electrons. The highest BCUT2D eigenvalue weighted by molar-refractivity contribution is 5.70. The molecule has 0 aliphatic heterocycles. The Bertz CT molecular complexity index is 572. The van der Waals surface area contributed by atoms with Crippen molar-refractivity contribution >= 4 is 11.6 Å². The van der Waals surface area contributed by atoms with Crippen molar-refractivity contribution in [2.24, 2.45) is 0 Å². The SMILES string of the molecule is O=C(O)Cc1ccc2nnc(C3CCC3)n2c1. The van der Waals surface area contributed by atoms with E-state index in [2.05, 4.69) is 10.2 Å². The van der Waals surface area contributed by atoms with Crippen LogP contribution in [-0.4, -0.2) is 25.7 Å². The normalized spacial score (nSPS) is 16.0. The van der Waals surface area contributed by atoms with Crippen LogP contribution in [0.1, 0.15) is 36.6 Å². The van der Waals surface area contributed by atoms with Gasteiger partial charge in [0.05, 0.1) is 6.42 Å². The lowest BCUT2D eigenvalue weighted by molar-refractivity contribution is -0.136. The average molecular weight is 231 g/mol. The number of aliphatic carboxylic acids is 1. The van der Waals surface area contributed by atoms with Gasteiger partial charge in [0.1, 0.15) is 5.82 Å². The summed E-state index contributed by atoms with van der Waals surface area (Å²) in [7, 11) is 0. The first kappa shape index (κ1) is 10.3. The number of fused-ring (bicyclic) bond motifs is 1. The molecule has 0 bridgehead atoms. The van der Waals surface area contributed by atoms with Gasteiger partial charge in [-0.05, 0) is 24.5 Å². The zero-order valence-electron chi connectivity index (χ0n) is 9.33. The molecule has 2 aromatic heterocycles. The lowest BCUT2D eigenvalue weighted by Crippen LogP contribution is -2.13. The number of rotatable bonds is 3. The molecule has 0 saturated heterocycles. The first-order chi connectivity index (χ1) is 8.24. The Morgan fingerprint density at radius 1 is 1.41 bits per heavy atom. The summed E-state index contributed by atoms with van der Waals surface area (Å²) in [5.74, 6) is 0.645. The first-order valence-electron chi connectivity index (χ1n) is 5.79. The van der Waals surface area contributed by atoms with Crippen LogP contribution in [-0.2, 0) is 11.2 Å². The second kappa shape index (κ2) is 3.84. The number of hydrogen-bond donors (Lipinski definition) is 1. The summed E-state index contributed by atoms with van der Waals surface area (Å²) in [5.41, 5.74) is 1.58. The van der Waals surface area contributed by atoms with Gasteiger partial charge in [0.2, 0.25) is 0 Å². The summed E-state index contributed by atoms with van der Waals surface area (Å²) in [6.07, 6.45) is 5.44. The summed E-state index contributed by atoms with van der Waals surface area (Å²) < 4.78 is 1.93. The van der Waals surface area contributed by atoms with Crippen LogP contribution in [0.2, 0.25) is 0 Å². The molecule has 0 unspecified atom stereocenters. The Morgan fingerprint density at radius 3 is 2.88 bits per heavy atom. The van der Waals surface area contributed by atoms with Crippen molar-refractivity contribution < 1.29 is 9.90 Å². The number of pyridine rings is 1. The summed E-state index contributed by atoms with van der Waals surface area (Å²) in [5, 5.41) is 17.1. The number of carboxylic acid groups (broad SMARTS) is 1. The third kappa shape index (κ3) is 1.77. The van der Waals surface area contributed by atoms with Gasteiger partial charge in [-0.15, -0.1) is 10.2 Å². The smallest absolute Gasteiger partial charge is 0.307 e. The van der Waals surface area contributed by atoms with E-state index in [4.69, 9.17) is 5.11 Å². The fourth-order valence-corrected chi connectivity index (χ4v) is 2.18. The van der Waals surface area contributed by atoms with Crippen LogP contribution < -0.4 is 0 Å². The van der Waals surface area contributed by atoms with Crippen LogP contribution in [0.3, 0.4) is 0 Å². The van der Waals surface area contributed by atoms with Crippen molar-refractivity contribution in [2.45, 2.75) is 31.6 Å². The van der Waals surface area contributed by atoms with E-state index in [-0.39, 0.29) is 6.42 Å². The predicted octanol–water partition coefficient (Wildman–Crippen LogP) is 1.62. The molecule has 1 N–H and O–H groups in total. The van der Waals surface area contributed by atoms with Crippen LogP contribution in [0.15, 0.2) is 18.3 Å². The van der Waals surface area contributed by atoms with Crippen molar-refractivity contribution in [2.75, 3.05) is 0 Å². The third-order valence-electron chi connectivity index (χ3n) is 3.32. The molecular formula is C12H13N3O2. The van der Waals surface area contributed by atoms with E-state index in [0.717, 1.165) is 29.9 Å². The topological polar surface area (TPSA) is 67.5 Å². The minimum Gasteiger partial charge on any atom is -0.481 e. The maximum Gasteiger partial charge on any atom is 0.307 e. The van der Waals surface area contributed by atoms with E-state index in [0.29, 0.717) is 5.92 Å². The molecule has 0 amide bonds. The minimum absolute atomic E-state index is 0.0399. The predicted molar refractivity (Wildman–Crippen MR) is 60.9 cm³/mol. The van der Waals surface area contributed by atoms with E-state index < -0.39 is 5.97 Å². The number of carboxylic acids is 1. The van der Waals surface area contributed by atoms with Crippen LogP contribution in [0.5, 0.6) is 0 Å². The minimum atomic E-state index is -0.817. The van der Waals surface area contributed by atoms with Gasteiger partial charge in [-0.25, -0.2) is 0 Å². The number of nitrogens with zero attached hydrogens (tertiary/aromatic N) is 3. The summed E-state index contributed by atoms with van der Waals surface area (Å²) in [4.78, 5) is 10.7. The molecular weight excluding hydrogens is 218 g/mol. The van der Waals surface area contributed by atoms with Crippen molar-refractivity contribution in [3.8, 4) is 0 Å². The molecule has 17 heavy (non-hydrogen) atoms. The van der Waals surface area contributed by atoms with Crippen molar-refractivity contribution in [1.29, 1.82) is 0 Å². The molecule has 3 rings (SSSR count). The molecule has 1 saturated carbocycles. The molecule has 5 nitrogen and oxygen atoms in total. The molecule has 0 spiro atoms. The largest absolute Gasteiger partial charge is 0.481 e. The van der Waals surface area contributed by atoms with Crippen LogP contribution in [0.25, 0.3) is 5.65 Å². The van der Waals surface area contributed by atoms with Gasteiger partial charge < -0.3 is 5.11 Å². The second-order valence-corrected chi connectivity index (χ2v) is 4.52. The van der Waals surface area contributed by atoms with Crippen LogP contribution in [0, 0.1) is 0 Å². The fourth-order valence-electron chi connectivity index (χ4n) is 2.18. The monoisotopic (exact) mass is 231 g/mol. The van der Waals surface area contributed by atoms with Gasteiger partial charge in [-0.3, -0.25) is 9.20 Å². The number of carbonyl (C=O) groups is 1. The zero-order chi connectivity index (χ0) is 11.8. The summed E-state index contributed by atoms with van der Waals surface area (Å²) >= 11 is 0. The van der Waals surface area contributed by atoms with Crippen LogP contribution in [0.4, 0.5) is 0 Å². The Kier molecular flexibility index (Phi) is 2.31. The van der Waals surface area contributed by atoms with E-state index in [9.17, 15) is 4.79 Å². The van der Waals surface area contributed by atoms with Crippen LogP contribution >= 0.6 is 0 Å². The molecule has 1 aliphatic rings. The average Bonchev–Trinajstić information content (AvgIpc) is 2.58. The lowest BCUT2D eigenvalue weighted by atomic mass is 9.85. The molecule has 2 aromatic rings. The highest BCUT2D eigenvalue weighted by Crippen LogP contribution is 2.35. The standard InChI is InChI=1S/C12H13N3O2/c16-11(17)6-8-4-5-10-13-14-12(15(10)7-8)9-2-1-3-9/h4-5,7,9H,1-3,6H2,(H,16,17). The van der Waals surface area contributed by atoms with Gasteiger partial charge >= 0.3 is 5.97 Å². The Hall–Kier alpha value is -1.91. The maximum absolute atomic E-state index is 10.7. The van der Waals surface area contributed by atoms with Gasteiger partial charge in [-0.2, -0.15) is 0 Å². The van der Waals surface area contributed by atoms with E-state index >= 15 is 0 Å². The second-order valence-electron chi connectivity index (χ2n) is 4.52. The molecule has 88 valence electrons. The Labute approximate surface area is 98.1 Å². The number of hydrogen-bond acceptors (Lipinski definition) is 3. The van der Waals surface area contributed by atoms with Gasteiger partial charge in [0.15, 0.2) is 5.65 Å². The molecule has 2 heterocycles. The Balaban J connectivity index is 2.02. The maximum atomic E-state index is 10.7. The highest BCUT2D eigenvalue weighted by Gasteiger charge is 2.24. The molecule has 5 heteroatoms. The van der Waals surface area contributed by atoms with Gasteiger partial charge in [0, 0.05) is 12.1 Å². The van der Waals surface area contributed by atoms with E-state index in [1.54, 1.807) is 6.07 Å². The van der Waals surface area contributed by atoms with E-state index in [1.807, 2.05) is 16.7 Å². The quantitative estimate of drug-likeness (QED) is 0.871. The lowest BCUT2D eigenvalue weighted by Gasteiger charge is -2.23.